The van der Waals surface area contributed by atoms with Crippen molar-refractivity contribution in [3.63, 3.8) is 0 Å². The van der Waals surface area contributed by atoms with Crippen molar-refractivity contribution >= 4 is 0 Å². The minimum atomic E-state index is -0.507. The molecule has 1 N–H and O–H groups in total. The molecule has 0 spiro atoms. The minimum absolute atomic E-state index is 0.154. The highest BCUT2D eigenvalue weighted by atomic mass is 16.7. The van der Waals surface area contributed by atoms with Gasteiger partial charge in [-0.1, -0.05) is 6.42 Å². The van der Waals surface area contributed by atoms with Gasteiger partial charge in [-0.15, -0.1) is 0 Å². The fraction of sp³-hybridized carbons (Fsp3) is 0.688. The number of piperidine rings is 1. The van der Waals surface area contributed by atoms with Crippen LogP contribution in [0.5, 0.6) is 5.75 Å². The van der Waals surface area contributed by atoms with Crippen LogP contribution in [0, 0.1) is 0 Å². The van der Waals surface area contributed by atoms with Crippen molar-refractivity contribution in [2.24, 2.45) is 0 Å². The van der Waals surface area contributed by atoms with Crippen LogP contribution in [0.25, 0.3) is 0 Å². The van der Waals surface area contributed by atoms with Gasteiger partial charge in [0.05, 0.1) is 13.2 Å². The first-order valence-electron chi connectivity index (χ1n) is 7.97. The molecule has 2 saturated heterocycles. The smallest absolute Gasteiger partial charge is 0.204 e. The zero-order valence-electron chi connectivity index (χ0n) is 12.5. The molecule has 0 bridgehead atoms. The predicted molar refractivity (Wildman–Crippen MR) is 79.2 cm³/mol. The van der Waals surface area contributed by atoms with E-state index in [1.54, 1.807) is 6.07 Å². The van der Waals surface area contributed by atoms with Crippen molar-refractivity contribution in [1.82, 2.24) is 9.88 Å². The number of aromatic nitrogens is 1. The van der Waals surface area contributed by atoms with Gasteiger partial charge in [-0.3, -0.25) is 0 Å². The zero-order valence-corrected chi connectivity index (χ0v) is 12.5. The molecule has 2 aliphatic rings. The van der Waals surface area contributed by atoms with Gasteiger partial charge in [0, 0.05) is 5.69 Å². The standard InChI is InChI=1S/C16H24N2O3/c19-14-7-6-13(17-15(14)16-20-11-12-21-16)5-4-10-18-8-2-1-3-9-18/h6-7,16,19H,1-5,8-12H2. The summed E-state index contributed by atoms with van der Waals surface area (Å²) in [7, 11) is 0. The first kappa shape index (κ1) is 14.8. The van der Waals surface area contributed by atoms with Crippen LogP contribution in [-0.4, -0.2) is 47.8 Å². The molecule has 3 heterocycles. The first-order chi connectivity index (χ1) is 10.3. The van der Waals surface area contributed by atoms with Crippen molar-refractivity contribution in [2.75, 3.05) is 32.8 Å². The Labute approximate surface area is 125 Å². The van der Waals surface area contributed by atoms with Crippen molar-refractivity contribution in [1.29, 1.82) is 0 Å². The van der Waals surface area contributed by atoms with E-state index in [0.717, 1.165) is 25.1 Å². The minimum Gasteiger partial charge on any atom is -0.506 e. The van der Waals surface area contributed by atoms with Gasteiger partial charge in [-0.25, -0.2) is 4.98 Å². The molecule has 0 atom stereocenters. The second-order valence-corrected chi connectivity index (χ2v) is 5.79. The third kappa shape index (κ3) is 3.93. The summed E-state index contributed by atoms with van der Waals surface area (Å²) in [5, 5.41) is 9.89. The van der Waals surface area contributed by atoms with Crippen LogP contribution in [0.4, 0.5) is 0 Å². The van der Waals surface area contributed by atoms with Gasteiger partial charge in [-0.05, 0) is 57.5 Å². The summed E-state index contributed by atoms with van der Waals surface area (Å²) in [6, 6.07) is 3.59. The highest BCUT2D eigenvalue weighted by molar-refractivity contribution is 5.29. The number of ether oxygens (including phenoxy) is 2. The average molecular weight is 292 g/mol. The lowest BCUT2D eigenvalue weighted by Gasteiger charge is -2.26. The molecule has 21 heavy (non-hydrogen) atoms. The average Bonchev–Trinajstić information content (AvgIpc) is 3.04. The van der Waals surface area contributed by atoms with Crippen LogP contribution >= 0.6 is 0 Å². The van der Waals surface area contributed by atoms with E-state index >= 15 is 0 Å². The summed E-state index contributed by atoms with van der Waals surface area (Å²) >= 11 is 0. The van der Waals surface area contributed by atoms with E-state index < -0.39 is 6.29 Å². The first-order valence-corrected chi connectivity index (χ1v) is 7.97. The molecule has 116 valence electrons. The Morgan fingerprint density at radius 1 is 1.14 bits per heavy atom. The topological polar surface area (TPSA) is 54.8 Å². The molecule has 3 rings (SSSR count). The van der Waals surface area contributed by atoms with Gasteiger partial charge in [-0.2, -0.15) is 0 Å². The molecule has 2 fully saturated rings. The molecule has 5 heteroatoms. The van der Waals surface area contributed by atoms with Crippen molar-refractivity contribution < 1.29 is 14.6 Å². The normalized spacial score (nSPS) is 21.0. The van der Waals surface area contributed by atoms with E-state index in [-0.39, 0.29) is 5.75 Å². The lowest BCUT2D eigenvalue weighted by atomic mass is 10.1. The van der Waals surface area contributed by atoms with E-state index in [0.29, 0.717) is 18.9 Å². The quantitative estimate of drug-likeness (QED) is 0.902. The van der Waals surface area contributed by atoms with Gasteiger partial charge in [0.25, 0.3) is 0 Å². The van der Waals surface area contributed by atoms with E-state index in [1.165, 1.54) is 32.4 Å². The van der Waals surface area contributed by atoms with Gasteiger partial charge >= 0.3 is 0 Å². The molecule has 1 aromatic heterocycles. The molecule has 0 aromatic carbocycles. The monoisotopic (exact) mass is 292 g/mol. The van der Waals surface area contributed by atoms with Crippen LogP contribution < -0.4 is 0 Å². The molecule has 0 radical (unpaired) electrons. The molecule has 5 nitrogen and oxygen atoms in total. The van der Waals surface area contributed by atoms with Crippen molar-refractivity contribution in [2.45, 2.75) is 38.4 Å². The van der Waals surface area contributed by atoms with Crippen LogP contribution in [0.3, 0.4) is 0 Å². The maximum absolute atomic E-state index is 9.89. The number of aromatic hydroxyl groups is 1. The summed E-state index contributed by atoms with van der Waals surface area (Å²) in [5.74, 6) is 0.154. The summed E-state index contributed by atoms with van der Waals surface area (Å²) in [4.78, 5) is 7.05. The molecule has 0 aliphatic carbocycles. The molecular weight excluding hydrogens is 268 g/mol. The van der Waals surface area contributed by atoms with E-state index in [9.17, 15) is 5.11 Å². The predicted octanol–water partition coefficient (Wildman–Crippen LogP) is 2.25. The number of aryl methyl sites for hydroxylation is 1. The van der Waals surface area contributed by atoms with Gasteiger partial charge < -0.3 is 19.5 Å². The number of pyridine rings is 1. The van der Waals surface area contributed by atoms with Crippen LogP contribution in [0.2, 0.25) is 0 Å². The Morgan fingerprint density at radius 3 is 2.67 bits per heavy atom. The third-order valence-electron chi connectivity index (χ3n) is 4.16. The Balaban J connectivity index is 1.54. The largest absolute Gasteiger partial charge is 0.506 e. The highest BCUT2D eigenvalue weighted by Gasteiger charge is 2.23. The SMILES string of the molecule is Oc1ccc(CCCN2CCCCC2)nc1C1OCCO1. The fourth-order valence-electron chi connectivity index (χ4n) is 3.01. The van der Waals surface area contributed by atoms with Crippen LogP contribution in [0.1, 0.15) is 43.4 Å². The van der Waals surface area contributed by atoms with Gasteiger partial charge in [0.2, 0.25) is 6.29 Å². The van der Waals surface area contributed by atoms with E-state index in [1.807, 2.05) is 6.07 Å². The number of hydrogen-bond acceptors (Lipinski definition) is 5. The highest BCUT2D eigenvalue weighted by Crippen LogP contribution is 2.29. The molecule has 2 aliphatic heterocycles. The van der Waals surface area contributed by atoms with Gasteiger partial charge in [0.15, 0.2) is 0 Å². The molecule has 0 saturated carbocycles. The van der Waals surface area contributed by atoms with E-state index in [2.05, 4.69) is 9.88 Å². The van der Waals surface area contributed by atoms with E-state index in [4.69, 9.17) is 9.47 Å². The van der Waals surface area contributed by atoms with Crippen molar-refractivity contribution in [3.8, 4) is 5.75 Å². The molecular formula is C16H24N2O3. The molecule has 1 aromatic rings. The second kappa shape index (κ2) is 7.20. The number of hydrogen-bond donors (Lipinski definition) is 1. The summed E-state index contributed by atoms with van der Waals surface area (Å²) in [6.45, 7) is 4.72. The van der Waals surface area contributed by atoms with Crippen LogP contribution in [-0.2, 0) is 15.9 Å². The lowest BCUT2D eigenvalue weighted by Crippen LogP contribution is -2.30. The third-order valence-corrected chi connectivity index (χ3v) is 4.16. The molecule has 0 unspecified atom stereocenters. The number of nitrogens with zero attached hydrogens (tertiary/aromatic N) is 2. The maximum atomic E-state index is 9.89. The number of likely N-dealkylation sites (tertiary alicyclic amines) is 1. The molecule has 0 amide bonds. The Hall–Kier alpha value is -1.17. The second-order valence-electron chi connectivity index (χ2n) is 5.79. The Morgan fingerprint density at radius 2 is 1.90 bits per heavy atom. The summed E-state index contributed by atoms with van der Waals surface area (Å²) in [6.07, 6.45) is 5.56. The lowest BCUT2D eigenvalue weighted by molar-refractivity contribution is -0.0488. The van der Waals surface area contributed by atoms with Gasteiger partial charge in [0.1, 0.15) is 11.4 Å². The maximum Gasteiger partial charge on any atom is 0.204 e. The fourth-order valence-corrected chi connectivity index (χ4v) is 3.01. The van der Waals surface area contributed by atoms with Crippen molar-refractivity contribution in [3.05, 3.63) is 23.5 Å². The zero-order chi connectivity index (χ0) is 14.5. The Bertz CT molecular complexity index is 455. The number of rotatable bonds is 5. The summed E-state index contributed by atoms with van der Waals surface area (Å²) < 4.78 is 10.8. The summed E-state index contributed by atoms with van der Waals surface area (Å²) in [5.41, 5.74) is 1.52. The van der Waals surface area contributed by atoms with Crippen LogP contribution in [0.15, 0.2) is 12.1 Å². The Kier molecular flexibility index (Phi) is 5.06.